The Morgan fingerprint density at radius 2 is 1.68 bits per heavy atom. The van der Waals surface area contributed by atoms with E-state index in [1.54, 1.807) is 17.0 Å². The highest BCUT2D eigenvalue weighted by Gasteiger charge is 2.20. The molecule has 0 saturated heterocycles. The summed E-state index contributed by atoms with van der Waals surface area (Å²) < 4.78 is 21.8. The van der Waals surface area contributed by atoms with Gasteiger partial charge in [0.2, 0.25) is 17.5 Å². The van der Waals surface area contributed by atoms with Crippen LogP contribution in [-0.4, -0.2) is 49.7 Å². The van der Waals surface area contributed by atoms with Gasteiger partial charge >= 0.3 is 0 Å². The zero-order valence-electron chi connectivity index (χ0n) is 19.7. The average Bonchev–Trinajstić information content (AvgIpc) is 3.30. The van der Waals surface area contributed by atoms with Crippen LogP contribution in [0.3, 0.4) is 0 Å². The highest BCUT2D eigenvalue weighted by molar-refractivity contribution is 7.99. The summed E-state index contributed by atoms with van der Waals surface area (Å²) in [5.41, 5.74) is 3.45. The summed E-state index contributed by atoms with van der Waals surface area (Å²) in [4.78, 5) is 14.6. The van der Waals surface area contributed by atoms with Crippen LogP contribution in [0.15, 0.2) is 40.0 Å². The number of rotatable bonds is 10. The molecule has 178 valence electrons. The zero-order chi connectivity index (χ0) is 24.7. The van der Waals surface area contributed by atoms with Gasteiger partial charge < -0.3 is 23.5 Å². The Morgan fingerprint density at radius 3 is 2.24 bits per heavy atom. The van der Waals surface area contributed by atoms with Gasteiger partial charge in [0.15, 0.2) is 11.5 Å². The molecule has 0 atom stereocenters. The Morgan fingerprint density at radius 1 is 1.03 bits per heavy atom. The molecule has 9 nitrogen and oxygen atoms in total. The second-order valence-electron chi connectivity index (χ2n) is 7.38. The maximum atomic E-state index is 13.0. The molecular weight excluding hydrogens is 456 g/mol. The number of benzene rings is 2. The van der Waals surface area contributed by atoms with Gasteiger partial charge in [0.1, 0.15) is 0 Å². The van der Waals surface area contributed by atoms with Crippen molar-refractivity contribution in [1.29, 1.82) is 5.26 Å². The van der Waals surface area contributed by atoms with E-state index in [2.05, 4.69) is 16.3 Å². The Kier molecular flexibility index (Phi) is 8.38. The molecular formula is C24H26N4O5S. The number of carbonyl (C=O) groups is 1. The number of carbonyl (C=O) groups excluding carboxylic acids is 1. The first-order chi connectivity index (χ1) is 16.4. The van der Waals surface area contributed by atoms with E-state index in [1.165, 1.54) is 21.3 Å². The average molecular weight is 483 g/mol. The van der Waals surface area contributed by atoms with Crippen molar-refractivity contribution in [2.45, 2.75) is 25.5 Å². The molecule has 0 unspecified atom stereocenters. The highest BCUT2D eigenvalue weighted by atomic mass is 32.2. The lowest BCUT2D eigenvalue weighted by Gasteiger charge is -2.22. The maximum absolute atomic E-state index is 13.0. The summed E-state index contributed by atoms with van der Waals surface area (Å²) in [5.74, 6) is 1.55. The van der Waals surface area contributed by atoms with E-state index in [0.717, 1.165) is 28.6 Å². The van der Waals surface area contributed by atoms with Gasteiger partial charge in [-0.3, -0.25) is 4.79 Å². The molecule has 0 spiro atoms. The Bertz CT molecular complexity index is 1160. The lowest BCUT2D eigenvalue weighted by molar-refractivity contribution is -0.116. The SMILES string of the molecule is COc1cc(-c2nnc(SCC(=O)N(CCC#N)c3cc(C)cc(C)c3)o2)cc(OC)c1OC. The lowest BCUT2D eigenvalue weighted by Crippen LogP contribution is -2.33. The predicted octanol–water partition coefficient (Wildman–Crippen LogP) is 4.42. The van der Waals surface area contributed by atoms with Gasteiger partial charge in [-0.1, -0.05) is 17.8 Å². The number of anilines is 1. The number of methoxy groups -OCH3 is 3. The number of amides is 1. The molecule has 3 aromatic rings. The molecule has 1 amide bonds. The number of aryl methyl sites for hydroxylation is 2. The van der Waals surface area contributed by atoms with Crippen molar-refractivity contribution >= 4 is 23.4 Å². The fraction of sp³-hybridized carbons (Fsp3) is 0.333. The predicted molar refractivity (Wildman–Crippen MR) is 129 cm³/mol. The van der Waals surface area contributed by atoms with Crippen molar-refractivity contribution < 1.29 is 23.4 Å². The first-order valence-electron chi connectivity index (χ1n) is 10.4. The normalized spacial score (nSPS) is 10.5. The molecule has 0 bridgehead atoms. The van der Waals surface area contributed by atoms with Crippen LogP contribution in [0.2, 0.25) is 0 Å². The molecule has 0 fully saturated rings. The quantitative estimate of drug-likeness (QED) is 0.388. The van der Waals surface area contributed by atoms with Crippen molar-refractivity contribution in [3.8, 4) is 34.8 Å². The molecule has 0 aliphatic rings. The van der Waals surface area contributed by atoms with Crippen molar-refractivity contribution in [2.24, 2.45) is 0 Å². The van der Waals surface area contributed by atoms with E-state index in [4.69, 9.17) is 23.9 Å². The van der Waals surface area contributed by atoms with E-state index in [9.17, 15) is 4.79 Å². The van der Waals surface area contributed by atoms with Gasteiger partial charge in [-0.05, 0) is 49.2 Å². The van der Waals surface area contributed by atoms with Gasteiger partial charge in [0.25, 0.3) is 5.22 Å². The third kappa shape index (κ3) is 5.80. The van der Waals surface area contributed by atoms with Crippen LogP contribution in [0.5, 0.6) is 17.2 Å². The molecule has 1 heterocycles. The largest absolute Gasteiger partial charge is 0.493 e. The molecule has 1 aromatic heterocycles. The number of nitriles is 1. The van der Waals surface area contributed by atoms with E-state index >= 15 is 0 Å². The Balaban J connectivity index is 1.77. The van der Waals surface area contributed by atoms with Gasteiger partial charge in [-0.15, -0.1) is 10.2 Å². The maximum Gasteiger partial charge on any atom is 0.277 e. The number of ether oxygens (including phenoxy) is 3. The van der Waals surface area contributed by atoms with Crippen LogP contribution in [0.1, 0.15) is 17.5 Å². The number of aromatic nitrogens is 2. The number of nitrogens with zero attached hydrogens (tertiary/aromatic N) is 4. The van der Waals surface area contributed by atoms with Crippen molar-refractivity contribution in [3.63, 3.8) is 0 Å². The zero-order valence-corrected chi connectivity index (χ0v) is 20.6. The monoisotopic (exact) mass is 482 g/mol. The van der Waals surface area contributed by atoms with Gasteiger partial charge in [-0.25, -0.2) is 0 Å². The van der Waals surface area contributed by atoms with Gasteiger partial charge in [-0.2, -0.15) is 5.26 Å². The fourth-order valence-electron chi connectivity index (χ4n) is 3.46. The fourth-order valence-corrected chi connectivity index (χ4v) is 4.10. The number of thioether (sulfide) groups is 1. The summed E-state index contributed by atoms with van der Waals surface area (Å²) >= 11 is 1.13. The molecule has 10 heteroatoms. The van der Waals surface area contributed by atoms with Crippen LogP contribution in [0, 0.1) is 25.2 Å². The smallest absolute Gasteiger partial charge is 0.277 e. The second-order valence-corrected chi connectivity index (χ2v) is 8.30. The Labute approximate surface area is 202 Å². The molecule has 34 heavy (non-hydrogen) atoms. The standard InChI is InChI=1S/C24H26N4O5S/c1-15-9-16(2)11-18(10-15)28(8-6-7-25)21(29)14-34-24-27-26-23(33-24)17-12-19(30-3)22(32-5)20(13-17)31-4/h9-13H,6,8,14H2,1-5H3. The molecule has 0 aliphatic heterocycles. The lowest BCUT2D eigenvalue weighted by atomic mass is 10.1. The summed E-state index contributed by atoms with van der Waals surface area (Å²) in [7, 11) is 4.57. The molecule has 0 radical (unpaired) electrons. The summed E-state index contributed by atoms with van der Waals surface area (Å²) in [6.07, 6.45) is 0.231. The number of hydrogen-bond donors (Lipinski definition) is 0. The third-order valence-corrected chi connectivity index (χ3v) is 5.71. The second kappa shape index (κ2) is 11.4. The van der Waals surface area contributed by atoms with Crippen molar-refractivity contribution in [2.75, 3.05) is 38.5 Å². The summed E-state index contributed by atoms with van der Waals surface area (Å²) in [6.45, 7) is 4.25. The van der Waals surface area contributed by atoms with Crippen LogP contribution >= 0.6 is 11.8 Å². The minimum absolute atomic E-state index is 0.0787. The molecule has 0 saturated carbocycles. The molecule has 0 N–H and O–H groups in total. The van der Waals surface area contributed by atoms with Crippen LogP contribution in [-0.2, 0) is 4.79 Å². The number of hydrogen-bond acceptors (Lipinski definition) is 9. The third-order valence-electron chi connectivity index (χ3n) is 4.90. The van der Waals surface area contributed by atoms with E-state index < -0.39 is 0 Å². The Hall–Kier alpha value is -3.71. The summed E-state index contributed by atoms with van der Waals surface area (Å²) in [5, 5.41) is 17.4. The topological polar surface area (TPSA) is 111 Å². The van der Waals surface area contributed by atoms with E-state index in [-0.39, 0.29) is 29.2 Å². The first kappa shape index (κ1) is 24.9. The molecule has 3 rings (SSSR count). The molecule has 2 aromatic carbocycles. The summed E-state index contributed by atoms with van der Waals surface area (Å²) in [6, 6.07) is 11.4. The first-order valence-corrected chi connectivity index (χ1v) is 11.4. The van der Waals surface area contributed by atoms with Crippen molar-refractivity contribution in [1.82, 2.24) is 10.2 Å². The minimum Gasteiger partial charge on any atom is -0.493 e. The van der Waals surface area contributed by atoms with E-state index in [0.29, 0.717) is 29.4 Å². The highest BCUT2D eigenvalue weighted by Crippen LogP contribution is 2.41. The van der Waals surface area contributed by atoms with E-state index in [1.807, 2.05) is 32.0 Å². The van der Waals surface area contributed by atoms with Gasteiger partial charge in [0.05, 0.1) is 39.6 Å². The van der Waals surface area contributed by atoms with Crippen molar-refractivity contribution in [3.05, 3.63) is 41.5 Å². The van der Waals surface area contributed by atoms with Crippen LogP contribution < -0.4 is 19.1 Å². The van der Waals surface area contributed by atoms with Crippen LogP contribution in [0.25, 0.3) is 11.5 Å². The van der Waals surface area contributed by atoms with Gasteiger partial charge in [0, 0.05) is 17.8 Å². The van der Waals surface area contributed by atoms with Crippen LogP contribution in [0.4, 0.5) is 5.69 Å². The molecule has 0 aliphatic carbocycles. The minimum atomic E-state index is -0.155.